The normalized spacial score (nSPS) is 16.3. The first-order valence-electron chi connectivity index (χ1n) is 13.6. The Morgan fingerprint density at radius 3 is 2.76 bits per heavy atom. The van der Waals surface area contributed by atoms with Gasteiger partial charge in [0.25, 0.3) is 5.91 Å². The largest absolute Gasteiger partial charge is 0.457 e. The number of anilines is 3. The number of amides is 4. The molecule has 1 saturated heterocycles. The number of nitrogens with one attached hydrogen (secondary N) is 2. The maximum Gasteiger partial charge on any atom is 0.331 e. The van der Waals surface area contributed by atoms with E-state index < -0.39 is 11.8 Å². The minimum atomic E-state index is -0.651. The molecule has 0 bridgehead atoms. The third kappa shape index (κ3) is 5.38. The second-order valence-corrected chi connectivity index (χ2v) is 11.0. The molecule has 2 aromatic heterocycles. The Labute approximate surface area is 245 Å². The summed E-state index contributed by atoms with van der Waals surface area (Å²) in [5, 5.41) is 6.37. The van der Waals surface area contributed by atoms with Crippen LogP contribution in [0.4, 0.5) is 26.2 Å². The van der Waals surface area contributed by atoms with Gasteiger partial charge in [-0.2, -0.15) is 0 Å². The van der Waals surface area contributed by atoms with Gasteiger partial charge < -0.3 is 25.0 Å². The summed E-state index contributed by atoms with van der Waals surface area (Å²) >= 11 is 1.15. The van der Waals surface area contributed by atoms with Crippen LogP contribution < -0.4 is 20.3 Å². The van der Waals surface area contributed by atoms with Gasteiger partial charge in [-0.1, -0.05) is 18.2 Å². The van der Waals surface area contributed by atoms with E-state index in [1.807, 2.05) is 18.2 Å². The number of ether oxygens (including phenoxy) is 2. The standard InChI is InChI=1S/C30H28FN5O5S/c1-40-15-12-24(37)35-14-5-6-18(17-35)33-28(38)27-26-25-23(11-13-32-29(25)42-27)36(30(39)34-26)22-10-9-20(16-21(22)31)41-19-7-3-2-4-8-19/h2-4,7-11,13,16,18H,5-6,12,14-15,17H2,1H3,(H,33,38)(H,34,39). The number of aromatic nitrogens is 1. The Kier molecular flexibility index (Phi) is 7.72. The van der Waals surface area contributed by atoms with Gasteiger partial charge in [0.05, 0.1) is 35.5 Å². The van der Waals surface area contributed by atoms with Crippen molar-refractivity contribution >= 4 is 56.5 Å². The zero-order valence-electron chi connectivity index (χ0n) is 22.8. The molecule has 2 aliphatic heterocycles. The van der Waals surface area contributed by atoms with Gasteiger partial charge in [-0.15, -0.1) is 11.3 Å². The van der Waals surface area contributed by atoms with Gasteiger partial charge in [-0.25, -0.2) is 14.2 Å². The Morgan fingerprint density at radius 1 is 1.14 bits per heavy atom. The quantitative estimate of drug-likeness (QED) is 0.274. The van der Waals surface area contributed by atoms with Crippen molar-refractivity contribution in [3.8, 4) is 11.5 Å². The fourth-order valence-electron chi connectivity index (χ4n) is 5.26. The molecule has 0 aliphatic carbocycles. The van der Waals surface area contributed by atoms with Gasteiger partial charge >= 0.3 is 6.03 Å². The first-order valence-corrected chi connectivity index (χ1v) is 14.4. The summed E-state index contributed by atoms with van der Waals surface area (Å²) in [6.45, 7) is 1.39. The number of pyridine rings is 1. The molecule has 4 aromatic rings. The summed E-state index contributed by atoms with van der Waals surface area (Å²) in [6, 6.07) is 14.1. The maximum absolute atomic E-state index is 15.4. The zero-order valence-corrected chi connectivity index (χ0v) is 23.6. The van der Waals surface area contributed by atoms with Gasteiger partial charge in [-0.05, 0) is 43.2 Å². The molecule has 42 heavy (non-hydrogen) atoms. The van der Waals surface area contributed by atoms with E-state index in [4.69, 9.17) is 9.47 Å². The molecule has 1 fully saturated rings. The van der Waals surface area contributed by atoms with Gasteiger partial charge in [0.15, 0.2) is 5.82 Å². The van der Waals surface area contributed by atoms with E-state index in [-0.39, 0.29) is 35.7 Å². The van der Waals surface area contributed by atoms with E-state index in [1.54, 1.807) is 36.3 Å². The number of hydrogen-bond donors (Lipinski definition) is 2. The minimum absolute atomic E-state index is 0.0131. The average molecular weight is 590 g/mol. The Bertz CT molecular complexity index is 1660. The Balaban J connectivity index is 1.25. The van der Waals surface area contributed by atoms with Crippen LogP contribution in [0, 0.1) is 5.82 Å². The summed E-state index contributed by atoms with van der Waals surface area (Å²) in [7, 11) is 1.55. The van der Waals surface area contributed by atoms with Crippen molar-refractivity contribution in [3.63, 3.8) is 0 Å². The Morgan fingerprint density at radius 2 is 1.98 bits per heavy atom. The first kappa shape index (κ1) is 27.6. The van der Waals surface area contributed by atoms with Crippen molar-refractivity contribution in [1.82, 2.24) is 15.2 Å². The topological polar surface area (TPSA) is 113 Å². The third-order valence-corrected chi connectivity index (χ3v) is 8.32. The highest BCUT2D eigenvalue weighted by Gasteiger charge is 2.35. The van der Waals surface area contributed by atoms with Crippen molar-refractivity contribution in [3.05, 3.63) is 71.5 Å². The molecular weight excluding hydrogens is 561 g/mol. The van der Waals surface area contributed by atoms with Crippen molar-refractivity contribution in [1.29, 1.82) is 0 Å². The second-order valence-electron chi connectivity index (χ2n) is 10.0. The molecule has 12 heteroatoms. The molecule has 0 spiro atoms. The number of thiophene rings is 1. The molecule has 2 N–H and O–H groups in total. The van der Waals surface area contributed by atoms with Crippen molar-refractivity contribution in [2.45, 2.75) is 25.3 Å². The van der Waals surface area contributed by atoms with Crippen LogP contribution in [-0.4, -0.2) is 60.6 Å². The number of halogens is 1. The smallest absolute Gasteiger partial charge is 0.331 e. The van der Waals surface area contributed by atoms with Crippen LogP contribution in [0.15, 0.2) is 60.8 Å². The van der Waals surface area contributed by atoms with E-state index >= 15 is 4.39 Å². The lowest BCUT2D eigenvalue weighted by Crippen LogP contribution is -2.49. The molecule has 1 atom stereocenters. The number of nitrogens with zero attached hydrogens (tertiary/aromatic N) is 3. The number of piperidine rings is 1. The summed E-state index contributed by atoms with van der Waals surface area (Å²) in [5.41, 5.74) is 0.783. The number of urea groups is 1. The maximum atomic E-state index is 15.4. The molecule has 2 aromatic carbocycles. The molecule has 1 unspecified atom stereocenters. The summed E-state index contributed by atoms with van der Waals surface area (Å²) in [4.78, 5) is 47.6. The molecule has 2 aliphatic rings. The first-order chi connectivity index (χ1) is 20.4. The number of hydrogen-bond acceptors (Lipinski definition) is 7. The predicted molar refractivity (Wildman–Crippen MR) is 157 cm³/mol. The van der Waals surface area contributed by atoms with E-state index in [2.05, 4.69) is 15.6 Å². The van der Waals surface area contributed by atoms with Crippen LogP contribution in [0.1, 0.15) is 28.9 Å². The van der Waals surface area contributed by atoms with Crippen LogP contribution in [-0.2, 0) is 9.53 Å². The number of rotatable bonds is 8. The van der Waals surface area contributed by atoms with E-state index in [0.29, 0.717) is 51.9 Å². The third-order valence-electron chi connectivity index (χ3n) is 7.22. The van der Waals surface area contributed by atoms with Crippen LogP contribution in [0.25, 0.3) is 10.2 Å². The molecule has 216 valence electrons. The van der Waals surface area contributed by atoms with E-state index in [1.165, 1.54) is 23.2 Å². The minimum Gasteiger partial charge on any atom is -0.457 e. The number of benzene rings is 2. The van der Waals surface area contributed by atoms with Crippen LogP contribution >= 0.6 is 11.3 Å². The van der Waals surface area contributed by atoms with Gasteiger partial charge in [0.1, 0.15) is 21.2 Å². The number of carbonyl (C=O) groups is 3. The second kappa shape index (κ2) is 11.7. The summed E-state index contributed by atoms with van der Waals surface area (Å²) in [5.74, 6) is -0.180. The molecule has 0 saturated carbocycles. The number of likely N-dealkylation sites (tertiary alicyclic amines) is 1. The number of methoxy groups -OCH3 is 1. The molecule has 4 amide bonds. The lowest BCUT2D eigenvalue weighted by Gasteiger charge is -2.33. The fraction of sp³-hybridized carbons (Fsp3) is 0.267. The summed E-state index contributed by atoms with van der Waals surface area (Å²) < 4.78 is 26.2. The highest BCUT2D eigenvalue weighted by Crippen LogP contribution is 2.46. The highest BCUT2D eigenvalue weighted by atomic mass is 32.1. The van der Waals surface area contributed by atoms with E-state index in [9.17, 15) is 14.4 Å². The Hall–Kier alpha value is -4.55. The zero-order chi connectivity index (χ0) is 29.2. The molecule has 10 nitrogen and oxygen atoms in total. The SMILES string of the molecule is COCCC(=O)N1CCCC(NC(=O)c2sc3nccc4c3c2NC(=O)N4c2ccc(Oc3ccccc3)cc2F)C1. The molecular formula is C30H28FN5O5S. The van der Waals surface area contributed by atoms with Crippen molar-refractivity contribution < 1.29 is 28.2 Å². The lowest BCUT2D eigenvalue weighted by molar-refractivity contribution is -0.133. The van der Waals surface area contributed by atoms with Gasteiger partial charge in [-0.3, -0.25) is 14.5 Å². The predicted octanol–water partition coefficient (Wildman–Crippen LogP) is 5.67. The van der Waals surface area contributed by atoms with Crippen molar-refractivity contribution in [2.75, 3.05) is 37.0 Å². The lowest BCUT2D eigenvalue weighted by atomic mass is 10.0. The molecule has 6 rings (SSSR count). The van der Waals surface area contributed by atoms with Crippen LogP contribution in [0.2, 0.25) is 0 Å². The highest BCUT2D eigenvalue weighted by molar-refractivity contribution is 7.21. The fourth-order valence-corrected chi connectivity index (χ4v) is 6.28. The summed E-state index contributed by atoms with van der Waals surface area (Å²) in [6.07, 6.45) is 3.31. The van der Waals surface area contributed by atoms with Gasteiger partial charge in [0.2, 0.25) is 5.91 Å². The number of carbonyl (C=O) groups excluding carboxylic acids is 3. The van der Waals surface area contributed by atoms with Crippen LogP contribution in [0.5, 0.6) is 11.5 Å². The monoisotopic (exact) mass is 589 g/mol. The molecule has 0 radical (unpaired) electrons. The van der Waals surface area contributed by atoms with E-state index in [0.717, 1.165) is 24.2 Å². The molecule has 4 heterocycles. The van der Waals surface area contributed by atoms with Gasteiger partial charge in [0, 0.05) is 38.5 Å². The number of para-hydroxylation sites is 1. The van der Waals surface area contributed by atoms with Crippen molar-refractivity contribution in [2.24, 2.45) is 0 Å². The van der Waals surface area contributed by atoms with Crippen LogP contribution in [0.3, 0.4) is 0 Å². The average Bonchev–Trinajstić information content (AvgIpc) is 3.37.